The van der Waals surface area contributed by atoms with Gasteiger partial charge in [-0.3, -0.25) is 4.79 Å². The predicted molar refractivity (Wildman–Crippen MR) is 64.1 cm³/mol. The van der Waals surface area contributed by atoms with Crippen LogP contribution in [0.3, 0.4) is 0 Å². The molecule has 1 aliphatic rings. The summed E-state index contributed by atoms with van der Waals surface area (Å²) in [7, 11) is 1.35. The maximum atomic E-state index is 11.5. The first-order valence-corrected chi connectivity index (χ1v) is 5.69. The number of amides is 1. The van der Waals surface area contributed by atoms with Gasteiger partial charge in [0.1, 0.15) is 0 Å². The number of aryl methyl sites for hydroxylation is 1. The Hall–Kier alpha value is -1.84. The number of hydrogen-bond acceptors (Lipinski definition) is 3. The van der Waals surface area contributed by atoms with Crippen LogP contribution in [-0.4, -0.2) is 25.5 Å². The molecule has 1 amide bonds. The Morgan fingerprint density at radius 2 is 2.24 bits per heavy atom. The number of ether oxygens (including phenoxy) is 1. The van der Waals surface area contributed by atoms with Crippen LogP contribution < -0.4 is 4.90 Å². The van der Waals surface area contributed by atoms with E-state index in [0.717, 1.165) is 24.2 Å². The molecule has 0 N–H and O–H groups in total. The summed E-state index contributed by atoms with van der Waals surface area (Å²) < 4.78 is 4.68. The first-order valence-electron chi connectivity index (χ1n) is 5.69. The number of anilines is 1. The minimum Gasteiger partial charge on any atom is -0.465 e. The number of benzene rings is 1. The Labute approximate surface area is 100 Å². The molecular weight excluding hydrogens is 218 g/mol. The second kappa shape index (κ2) is 4.57. The Balaban J connectivity index is 2.39. The van der Waals surface area contributed by atoms with Gasteiger partial charge in [-0.15, -0.1) is 0 Å². The Morgan fingerprint density at radius 1 is 1.47 bits per heavy atom. The molecule has 1 aliphatic heterocycles. The van der Waals surface area contributed by atoms with Gasteiger partial charge in [-0.05, 0) is 24.1 Å². The van der Waals surface area contributed by atoms with Crippen LogP contribution in [0.5, 0.6) is 0 Å². The number of hydrogen-bond donors (Lipinski definition) is 0. The first kappa shape index (κ1) is 11.6. The van der Waals surface area contributed by atoms with Crippen LogP contribution >= 0.6 is 0 Å². The number of methoxy groups -OCH3 is 1. The molecular formula is C13H15NO3. The molecule has 0 aromatic heterocycles. The molecule has 4 nitrogen and oxygen atoms in total. The molecule has 0 unspecified atom stereocenters. The third-order valence-corrected chi connectivity index (χ3v) is 3.03. The van der Waals surface area contributed by atoms with Gasteiger partial charge in [-0.25, -0.2) is 4.79 Å². The zero-order valence-corrected chi connectivity index (χ0v) is 10.0. The van der Waals surface area contributed by atoms with Crippen molar-refractivity contribution in [1.29, 1.82) is 0 Å². The average Bonchev–Trinajstić information content (AvgIpc) is 2.36. The second-order valence-corrected chi connectivity index (χ2v) is 3.98. The van der Waals surface area contributed by atoms with E-state index in [0.29, 0.717) is 12.0 Å². The predicted octanol–water partition coefficient (Wildman–Crippen LogP) is 1.77. The summed E-state index contributed by atoms with van der Waals surface area (Å²) in [5.41, 5.74) is 2.40. The number of β-lactam (4-membered cyclic amide) rings is 1. The molecule has 0 atom stereocenters. The van der Waals surface area contributed by atoms with Crippen molar-refractivity contribution < 1.29 is 14.3 Å². The van der Waals surface area contributed by atoms with E-state index in [-0.39, 0.29) is 11.9 Å². The van der Waals surface area contributed by atoms with Gasteiger partial charge in [0.05, 0.1) is 12.7 Å². The second-order valence-electron chi connectivity index (χ2n) is 3.98. The van der Waals surface area contributed by atoms with Crippen LogP contribution in [0.25, 0.3) is 0 Å². The lowest BCUT2D eigenvalue weighted by Gasteiger charge is -2.32. The molecule has 0 radical (unpaired) electrons. The molecule has 0 saturated carbocycles. The van der Waals surface area contributed by atoms with E-state index in [9.17, 15) is 9.59 Å². The Kier molecular flexibility index (Phi) is 3.13. The SMILES string of the molecule is CCc1ccc(C(=O)OC)cc1N1CCC1=O. The summed E-state index contributed by atoms with van der Waals surface area (Å²) in [6.45, 7) is 2.76. The Bertz CT molecular complexity index is 468. The van der Waals surface area contributed by atoms with E-state index in [1.165, 1.54) is 7.11 Å². The summed E-state index contributed by atoms with van der Waals surface area (Å²) in [6, 6.07) is 5.35. The number of esters is 1. The van der Waals surface area contributed by atoms with E-state index in [1.807, 2.05) is 13.0 Å². The minimum atomic E-state index is -0.373. The number of rotatable bonds is 3. The van der Waals surface area contributed by atoms with E-state index in [4.69, 9.17) is 0 Å². The number of nitrogens with zero attached hydrogens (tertiary/aromatic N) is 1. The van der Waals surface area contributed by atoms with Gasteiger partial charge < -0.3 is 9.64 Å². The van der Waals surface area contributed by atoms with Crippen LogP contribution in [-0.2, 0) is 16.0 Å². The molecule has 0 spiro atoms. The van der Waals surface area contributed by atoms with Gasteiger partial charge in [-0.2, -0.15) is 0 Å². The van der Waals surface area contributed by atoms with Crippen LogP contribution in [0.15, 0.2) is 18.2 Å². The third kappa shape index (κ3) is 2.02. The highest BCUT2D eigenvalue weighted by atomic mass is 16.5. The highest BCUT2D eigenvalue weighted by Crippen LogP contribution is 2.28. The van der Waals surface area contributed by atoms with Crippen LogP contribution in [0.2, 0.25) is 0 Å². The van der Waals surface area contributed by atoms with Gasteiger partial charge >= 0.3 is 5.97 Å². The van der Waals surface area contributed by atoms with Gasteiger partial charge in [0, 0.05) is 18.7 Å². The van der Waals surface area contributed by atoms with Crippen LogP contribution in [0.4, 0.5) is 5.69 Å². The summed E-state index contributed by atoms with van der Waals surface area (Å²) in [5.74, 6) is -0.261. The lowest BCUT2D eigenvalue weighted by atomic mass is 10.0. The van der Waals surface area contributed by atoms with Crippen molar-refractivity contribution in [3.05, 3.63) is 29.3 Å². The molecule has 0 aliphatic carbocycles. The number of carbonyl (C=O) groups excluding carboxylic acids is 2. The van der Waals surface area contributed by atoms with Crippen molar-refractivity contribution in [3.63, 3.8) is 0 Å². The third-order valence-electron chi connectivity index (χ3n) is 3.03. The van der Waals surface area contributed by atoms with Gasteiger partial charge in [-0.1, -0.05) is 13.0 Å². The van der Waals surface area contributed by atoms with E-state index in [2.05, 4.69) is 4.74 Å². The fraction of sp³-hybridized carbons (Fsp3) is 0.385. The van der Waals surface area contributed by atoms with E-state index >= 15 is 0 Å². The van der Waals surface area contributed by atoms with Gasteiger partial charge in [0.2, 0.25) is 5.91 Å². The number of carbonyl (C=O) groups is 2. The van der Waals surface area contributed by atoms with Crippen molar-refractivity contribution in [2.24, 2.45) is 0 Å². The quantitative estimate of drug-likeness (QED) is 0.590. The molecule has 17 heavy (non-hydrogen) atoms. The zero-order chi connectivity index (χ0) is 12.4. The standard InChI is InChI=1S/C13H15NO3/c1-3-9-4-5-10(13(16)17-2)8-11(9)14-7-6-12(14)15/h4-5,8H,3,6-7H2,1-2H3. The maximum absolute atomic E-state index is 11.5. The average molecular weight is 233 g/mol. The van der Waals surface area contributed by atoms with Crippen LogP contribution in [0.1, 0.15) is 29.3 Å². The smallest absolute Gasteiger partial charge is 0.337 e. The zero-order valence-electron chi connectivity index (χ0n) is 10.0. The molecule has 1 aromatic rings. The normalized spacial score (nSPS) is 14.5. The van der Waals surface area contributed by atoms with Gasteiger partial charge in [0.25, 0.3) is 0 Å². The Morgan fingerprint density at radius 3 is 2.71 bits per heavy atom. The summed E-state index contributed by atoms with van der Waals surface area (Å²) in [4.78, 5) is 24.6. The van der Waals surface area contributed by atoms with Crippen molar-refractivity contribution in [2.75, 3.05) is 18.6 Å². The molecule has 1 fully saturated rings. The lowest BCUT2D eigenvalue weighted by Crippen LogP contribution is -2.44. The minimum absolute atomic E-state index is 0.113. The fourth-order valence-corrected chi connectivity index (χ4v) is 1.93. The van der Waals surface area contributed by atoms with Crippen LogP contribution in [0, 0.1) is 0 Å². The highest BCUT2D eigenvalue weighted by Gasteiger charge is 2.27. The van der Waals surface area contributed by atoms with E-state index in [1.54, 1.807) is 17.0 Å². The topological polar surface area (TPSA) is 46.6 Å². The monoisotopic (exact) mass is 233 g/mol. The van der Waals surface area contributed by atoms with E-state index < -0.39 is 0 Å². The van der Waals surface area contributed by atoms with Gasteiger partial charge in [0.15, 0.2) is 0 Å². The largest absolute Gasteiger partial charge is 0.465 e. The van der Waals surface area contributed by atoms with Crippen molar-refractivity contribution >= 4 is 17.6 Å². The summed E-state index contributed by atoms with van der Waals surface area (Å²) in [5, 5.41) is 0. The molecule has 4 heteroatoms. The van der Waals surface area contributed by atoms with Crippen molar-refractivity contribution in [3.8, 4) is 0 Å². The van der Waals surface area contributed by atoms with Crippen molar-refractivity contribution in [2.45, 2.75) is 19.8 Å². The molecule has 1 aromatic carbocycles. The molecule has 1 heterocycles. The molecule has 2 rings (SSSR count). The molecule has 90 valence electrons. The maximum Gasteiger partial charge on any atom is 0.337 e. The molecule has 0 bridgehead atoms. The van der Waals surface area contributed by atoms with Crippen molar-refractivity contribution in [1.82, 2.24) is 0 Å². The fourth-order valence-electron chi connectivity index (χ4n) is 1.93. The summed E-state index contributed by atoms with van der Waals surface area (Å²) >= 11 is 0. The summed E-state index contributed by atoms with van der Waals surface area (Å²) in [6.07, 6.45) is 1.42. The first-order chi connectivity index (χ1) is 8.17. The molecule has 1 saturated heterocycles. The highest BCUT2D eigenvalue weighted by molar-refractivity contribution is 6.01. The lowest BCUT2D eigenvalue weighted by molar-refractivity contribution is -0.122.